The van der Waals surface area contributed by atoms with Crippen molar-refractivity contribution in [3.05, 3.63) is 23.8 Å². The van der Waals surface area contributed by atoms with Crippen molar-refractivity contribution in [2.24, 2.45) is 23.7 Å². The van der Waals surface area contributed by atoms with Crippen LogP contribution >= 0.6 is 0 Å². The molecule has 1 unspecified atom stereocenters. The number of benzene rings is 1. The number of carbonyl (C=O) groups is 1. The molecule has 0 amide bonds. The summed E-state index contributed by atoms with van der Waals surface area (Å²) in [7, 11) is 1.57. The maximum absolute atomic E-state index is 11.0. The van der Waals surface area contributed by atoms with Gasteiger partial charge in [0.15, 0.2) is 6.29 Å². The molecular weight excluding hydrogens is 384 g/mol. The first-order valence-electron chi connectivity index (χ1n) is 12.6. The zero-order valence-electron chi connectivity index (χ0n) is 21.1. The summed E-state index contributed by atoms with van der Waals surface area (Å²) < 4.78 is 11.1. The molecule has 3 nitrogen and oxygen atoms in total. The van der Waals surface area contributed by atoms with Gasteiger partial charge >= 0.3 is 0 Å². The fourth-order valence-electron chi connectivity index (χ4n) is 4.19. The fraction of sp³-hybridized carbons (Fsp3) is 0.750. The highest BCUT2D eigenvalue weighted by atomic mass is 16.5. The quantitative estimate of drug-likeness (QED) is 0.219. The van der Waals surface area contributed by atoms with E-state index in [-0.39, 0.29) is 0 Å². The Balaban J connectivity index is 2.10. The van der Waals surface area contributed by atoms with E-state index in [1.54, 1.807) is 19.2 Å². The second kappa shape index (κ2) is 16.2. The molecule has 3 atom stereocenters. The minimum Gasteiger partial charge on any atom is -0.496 e. The summed E-state index contributed by atoms with van der Waals surface area (Å²) in [6.07, 6.45) is 14.1. The summed E-state index contributed by atoms with van der Waals surface area (Å²) in [6, 6.07) is 5.38. The minimum absolute atomic E-state index is 0.554. The smallest absolute Gasteiger partial charge is 0.153 e. The summed E-state index contributed by atoms with van der Waals surface area (Å²) in [5, 5.41) is 0. The molecule has 0 spiro atoms. The molecule has 0 aliphatic carbocycles. The zero-order valence-corrected chi connectivity index (χ0v) is 21.1. The SMILES string of the molecule is COc1cc(OCCC(C)CCC[C@H](C)CCC[C@H](C)CCCC(C)C)ccc1C=O. The Kier molecular flexibility index (Phi) is 14.4. The lowest BCUT2D eigenvalue weighted by Crippen LogP contribution is -2.06. The highest BCUT2D eigenvalue weighted by molar-refractivity contribution is 5.79. The Labute approximate surface area is 192 Å². The van der Waals surface area contributed by atoms with Gasteiger partial charge in [-0.2, -0.15) is 0 Å². The highest BCUT2D eigenvalue weighted by Crippen LogP contribution is 2.25. The second-order valence-electron chi connectivity index (χ2n) is 10.2. The van der Waals surface area contributed by atoms with Gasteiger partial charge in [0.1, 0.15) is 11.5 Å². The second-order valence-corrected chi connectivity index (χ2v) is 10.2. The highest BCUT2D eigenvalue weighted by Gasteiger charge is 2.09. The lowest BCUT2D eigenvalue weighted by Gasteiger charge is -2.16. The molecule has 0 aliphatic rings. The third kappa shape index (κ3) is 12.8. The van der Waals surface area contributed by atoms with Crippen molar-refractivity contribution in [2.75, 3.05) is 13.7 Å². The van der Waals surface area contributed by atoms with Gasteiger partial charge in [0.05, 0.1) is 19.3 Å². The van der Waals surface area contributed by atoms with Gasteiger partial charge in [-0.05, 0) is 42.2 Å². The molecule has 0 aromatic heterocycles. The van der Waals surface area contributed by atoms with Gasteiger partial charge < -0.3 is 9.47 Å². The monoisotopic (exact) mass is 432 g/mol. The predicted octanol–water partition coefficient (Wildman–Crippen LogP) is 8.35. The first kappa shape index (κ1) is 27.5. The molecule has 1 aromatic rings. The van der Waals surface area contributed by atoms with E-state index < -0.39 is 0 Å². The Morgan fingerprint density at radius 1 is 0.774 bits per heavy atom. The molecule has 0 N–H and O–H groups in total. The van der Waals surface area contributed by atoms with Gasteiger partial charge in [0.25, 0.3) is 0 Å². The molecule has 0 aliphatic heterocycles. The third-order valence-corrected chi connectivity index (χ3v) is 6.48. The minimum atomic E-state index is 0.554. The molecule has 1 rings (SSSR count). The normalized spacial score (nSPS) is 14.3. The van der Waals surface area contributed by atoms with Crippen molar-refractivity contribution in [1.29, 1.82) is 0 Å². The van der Waals surface area contributed by atoms with Crippen LogP contribution in [0.3, 0.4) is 0 Å². The molecule has 178 valence electrons. The van der Waals surface area contributed by atoms with E-state index >= 15 is 0 Å². The third-order valence-electron chi connectivity index (χ3n) is 6.48. The van der Waals surface area contributed by atoms with Gasteiger partial charge in [-0.1, -0.05) is 92.4 Å². The lowest BCUT2D eigenvalue weighted by molar-refractivity contribution is 0.112. The fourth-order valence-corrected chi connectivity index (χ4v) is 4.19. The average molecular weight is 433 g/mol. The number of hydrogen-bond acceptors (Lipinski definition) is 3. The summed E-state index contributed by atoms with van der Waals surface area (Å²) in [6.45, 7) is 12.5. The topological polar surface area (TPSA) is 35.5 Å². The molecular formula is C28H48O3. The molecule has 0 heterocycles. The summed E-state index contributed by atoms with van der Waals surface area (Å²) in [5.41, 5.74) is 0.554. The summed E-state index contributed by atoms with van der Waals surface area (Å²) >= 11 is 0. The van der Waals surface area contributed by atoms with Crippen LogP contribution in [-0.4, -0.2) is 20.0 Å². The van der Waals surface area contributed by atoms with E-state index in [1.807, 2.05) is 6.07 Å². The largest absolute Gasteiger partial charge is 0.496 e. The van der Waals surface area contributed by atoms with E-state index in [1.165, 1.54) is 57.8 Å². The van der Waals surface area contributed by atoms with Crippen molar-refractivity contribution in [1.82, 2.24) is 0 Å². The van der Waals surface area contributed by atoms with Crippen LogP contribution in [0.15, 0.2) is 18.2 Å². The summed E-state index contributed by atoms with van der Waals surface area (Å²) in [4.78, 5) is 11.0. The van der Waals surface area contributed by atoms with Crippen molar-refractivity contribution in [3.63, 3.8) is 0 Å². The van der Waals surface area contributed by atoms with Crippen molar-refractivity contribution >= 4 is 6.29 Å². The van der Waals surface area contributed by atoms with Crippen molar-refractivity contribution in [3.8, 4) is 11.5 Å². The van der Waals surface area contributed by atoms with Crippen molar-refractivity contribution < 1.29 is 14.3 Å². The average Bonchev–Trinajstić information content (AvgIpc) is 2.73. The number of carbonyl (C=O) groups excluding carboxylic acids is 1. The number of hydrogen-bond donors (Lipinski definition) is 0. The Morgan fingerprint density at radius 2 is 1.29 bits per heavy atom. The molecule has 0 bridgehead atoms. The molecule has 0 radical (unpaired) electrons. The molecule has 0 saturated heterocycles. The van der Waals surface area contributed by atoms with E-state index in [0.29, 0.717) is 23.8 Å². The van der Waals surface area contributed by atoms with E-state index in [0.717, 1.165) is 36.2 Å². The molecule has 1 aromatic carbocycles. The zero-order chi connectivity index (χ0) is 23.1. The van der Waals surface area contributed by atoms with E-state index in [2.05, 4.69) is 34.6 Å². The molecule has 31 heavy (non-hydrogen) atoms. The molecule has 0 fully saturated rings. The van der Waals surface area contributed by atoms with Crippen LogP contribution in [0.2, 0.25) is 0 Å². The molecule has 0 saturated carbocycles. The van der Waals surface area contributed by atoms with Gasteiger partial charge in [-0.3, -0.25) is 4.79 Å². The maximum Gasteiger partial charge on any atom is 0.153 e. The van der Waals surface area contributed by atoms with Crippen LogP contribution in [0.25, 0.3) is 0 Å². The number of methoxy groups -OCH3 is 1. The first-order valence-corrected chi connectivity index (χ1v) is 12.6. The van der Waals surface area contributed by atoms with Crippen molar-refractivity contribution in [2.45, 2.75) is 98.8 Å². The van der Waals surface area contributed by atoms with E-state index in [9.17, 15) is 4.79 Å². The van der Waals surface area contributed by atoms with Gasteiger partial charge in [0, 0.05) is 6.07 Å². The number of rotatable bonds is 18. The van der Waals surface area contributed by atoms with Crippen LogP contribution in [0.5, 0.6) is 11.5 Å². The predicted molar refractivity (Wildman–Crippen MR) is 132 cm³/mol. The van der Waals surface area contributed by atoms with Gasteiger partial charge in [0.2, 0.25) is 0 Å². The lowest BCUT2D eigenvalue weighted by atomic mass is 9.91. The van der Waals surface area contributed by atoms with E-state index in [4.69, 9.17) is 9.47 Å². The van der Waals surface area contributed by atoms with Crippen LogP contribution < -0.4 is 9.47 Å². The molecule has 3 heteroatoms. The Hall–Kier alpha value is -1.51. The van der Waals surface area contributed by atoms with Crippen LogP contribution in [0, 0.1) is 23.7 Å². The Bertz CT molecular complexity index is 596. The van der Waals surface area contributed by atoms with Crippen LogP contribution in [0.4, 0.5) is 0 Å². The number of aldehydes is 1. The van der Waals surface area contributed by atoms with Gasteiger partial charge in [-0.15, -0.1) is 0 Å². The maximum atomic E-state index is 11.0. The standard InChI is InChI=1S/C28H48O3/c1-22(2)10-7-11-23(3)12-8-13-24(4)14-9-15-25(5)18-19-31-27-17-16-26(21-29)28(20-27)30-6/h16-17,20-25H,7-15,18-19H2,1-6H3/t23-,24-,25?/m1/s1. The summed E-state index contributed by atoms with van der Waals surface area (Å²) in [5.74, 6) is 4.58. The first-order chi connectivity index (χ1) is 14.8. The van der Waals surface area contributed by atoms with Gasteiger partial charge in [-0.25, -0.2) is 0 Å². The number of ether oxygens (including phenoxy) is 2. The Morgan fingerprint density at radius 3 is 1.77 bits per heavy atom. The van der Waals surface area contributed by atoms with Crippen LogP contribution in [-0.2, 0) is 0 Å². The van der Waals surface area contributed by atoms with Crippen LogP contribution in [0.1, 0.15) is 109 Å².